The van der Waals surface area contributed by atoms with E-state index in [2.05, 4.69) is 23.7 Å². The average molecular weight is 480 g/mol. The van der Waals surface area contributed by atoms with Crippen molar-refractivity contribution in [3.8, 4) is 5.75 Å². The van der Waals surface area contributed by atoms with Crippen molar-refractivity contribution in [2.45, 2.75) is 25.2 Å². The standard InChI is InChI=1S/C23H27F2N3O2S2/c1-4-27(5-2)11-12-28(23-26-22-19(25)14-16(24)15-20(22)32-23)21(29)10-13-31-18-8-6-17(30-3)7-9-18/h6-9,14-15H,4-5,10-13H2,1-3H3. The number of thioether (sulfide) groups is 1. The maximum Gasteiger partial charge on any atom is 0.229 e. The number of halogens is 2. The Bertz CT molecular complexity index is 1040. The second kappa shape index (κ2) is 11.6. The first-order valence-electron chi connectivity index (χ1n) is 10.5. The molecule has 0 saturated carbocycles. The number of rotatable bonds is 11. The van der Waals surface area contributed by atoms with Gasteiger partial charge < -0.3 is 9.64 Å². The third kappa shape index (κ3) is 6.17. The van der Waals surface area contributed by atoms with E-state index in [9.17, 15) is 13.6 Å². The highest BCUT2D eigenvalue weighted by Crippen LogP contribution is 2.32. The number of nitrogens with zero attached hydrogens (tertiary/aromatic N) is 3. The number of hydrogen-bond donors (Lipinski definition) is 0. The van der Waals surface area contributed by atoms with Gasteiger partial charge in [-0.1, -0.05) is 25.2 Å². The maximum absolute atomic E-state index is 14.2. The summed E-state index contributed by atoms with van der Waals surface area (Å²) in [5, 5.41) is 0.399. The Morgan fingerprint density at radius 3 is 2.50 bits per heavy atom. The third-order valence-electron chi connectivity index (χ3n) is 5.11. The number of ether oxygens (including phenoxy) is 1. The van der Waals surface area contributed by atoms with Crippen LogP contribution in [0.4, 0.5) is 13.9 Å². The molecule has 0 atom stereocenters. The van der Waals surface area contributed by atoms with Crippen LogP contribution in [0.15, 0.2) is 41.3 Å². The Labute approximate surface area is 195 Å². The number of carbonyl (C=O) groups excluding carboxylic acids is 1. The van der Waals surface area contributed by atoms with Crippen LogP contribution in [0, 0.1) is 11.6 Å². The molecule has 1 heterocycles. The molecule has 0 bridgehead atoms. The number of thiazole rings is 1. The molecule has 0 N–H and O–H groups in total. The molecule has 3 rings (SSSR count). The number of amides is 1. The lowest BCUT2D eigenvalue weighted by molar-refractivity contribution is -0.118. The Kier molecular flexibility index (Phi) is 8.84. The summed E-state index contributed by atoms with van der Waals surface area (Å²) in [6.45, 7) is 6.99. The van der Waals surface area contributed by atoms with Crippen LogP contribution >= 0.6 is 23.1 Å². The highest BCUT2D eigenvalue weighted by molar-refractivity contribution is 7.99. The van der Waals surface area contributed by atoms with E-state index in [0.717, 1.165) is 41.1 Å². The van der Waals surface area contributed by atoms with E-state index in [-0.39, 0.29) is 11.4 Å². The minimum atomic E-state index is -0.714. The summed E-state index contributed by atoms with van der Waals surface area (Å²) in [6, 6.07) is 9.75. The largest absolute Gasteiger partial charge is 0.497 e. The summed E-state index contributed by atoms with van der Waals surface area (Å²) in [4.78, 5) is 22.3. The van der Waals surface area contributed by atoms with Crippen LogP contribution in [-0.2, 0) is 4.79 Å². The summed E-state index contributed by atoms with van der Waals surface area (Å²) in [5.74, 6) is -0.0673. The predicted octanol–water partition coefficient (Wildman–Crippen LogP) is 5.44. The van der Waals surface area contributed by atoms with E-state index >= 15 is 0 Å². The smallest absolute Gasteiger partial charge is 0.229 e. The second-order valence-corrected chi connectivity index (χ2v) is 9.25. The lowest BCUT2D eigenvalue weighted by atomic mass is 10.3. The highest BCUT2D eigenvalue weighted by atomic mass is 32.2. The number of anilines is 1. The molecule has 5 nitrogen and oxygen atoms in total. The van der Waals surface area contributed by atoms with Gasteiger partial charge in [-0.25, -0.2) is 13.8 Å². The number of fused-ring (bicyclic) bond motifs is 1. The van der Waals surface area contributed by atoms with Gasteiger partial charge >= 0.3 is 0 Å². The monoisotopic (exact) mass is 479 g/mol. The van der Waals surface area contributed by atoms with Gasteiger partial charge in [0.2, 0.25) is 5.91 Å². The van der Waals surface area contributed by atoms with Crippen molar-refractivity contribution >= 4 is 44.4 Å². The molecule has 0 saturated heterocycles. The molecule has 32 heavy (non-hydrogen) atoms. The zero-order chi connectivity index (χ0) is 23.1. The van der Waals surface area contributed by atoms with E-state index in [0.29, 0.717) is 35.1 Å². The van der Waals surface area contributed by atoms with Crippen molar-refractivity contribution in [3.05, 3.63) is 48.0 Å². The van der Waals surface area contributed by atoms with E-state index in [1.807, 2.05) is 24.3 Å². The highest BCUT2D eigenvalue weighted by Gasteiger charge is 2.21. The first kappa shape index (κ1) is 24.4. The van der Waals surface area contributed by atoms with Gasteiger partial charge in [-0.2, -0.15) is 0 Å². The van der Waals surface area contributed by atoms with Gasteiger partial charge in [-0.3, -0.25) is 9.69 Å². The van der Waals surface area contributed by atoms with Gasteiger partial charge in [0, 0.05) is 36.2 Å². The minimum absolute atomic E-state index is 0.0851. The first-order valence-corrected chi connectivity index (χ1v) is 12.3. The number of aromatic nitrogens is 1. The molecule has 0 spiro atoms. The van der Waals surface area contributed by atoms with Gasteiger partial charge in [0.1, 0.15) is 17.1 Å². The average Bonchev–Trinajstić information content (AvgIpc) is 3.21. The van der Waals surface area contributed by atoms with Crippen molar-refractivity contribution in [1.29, 1.82) is 0 Å². The van der Waals surface area contributed by atoms with Crippen LogP contribution in [0.1, 0.15) is 20.3 Å². The number of benzene rings is 2. The van der Waals surface area contributed by atoms with Gasteiger partial charge in [-0.15, -0.1) is 11.8 Å². The van der Waals surface area contributed by atoms with Crippen LogP contribution in [0.2, 0.25) is 0 Å². The molecule has 0 unspecified atom stereocenters. The lowest BCUT2D eigenvalue weighted by Crippen LogP contribution is -2.39. The molecule has 172 valence electrons. The zero-order valence-electron chi connectivity index (χ0n) is 18.4. The molecule has 1 amide bonds. The SMILES string of the molecule is CCN(CC)CCN(C(=O)CCSc1ccc(OC)cc1)c1nc2c(F)cc(F)cc2s1. The first-order chi connectivity index (χ1) is 15.4. The summed E-state index contributed by atoms with van der Waals surface area (Å²) in [6.07, 6.45) is 0.307. The Morgan fingerprint density at radius 2 is 1.84 bits per heavy atom. The van der Waals surface area contributed by atoms with Crippen LogP contribution in [-0.4, -0.2) is 54.8 Å². The van der Waals surface area contributed by atoms with E-state index in [1.54, 1.807) is 23.8 Å². The van der Waals surface area contributed by atoms with Gasteiger partial charge in [0.05, 0.1) is 11.8 Å². The predicted molar refractivity (Wildman–Crippen MR) is 128 cm³/mol. The van der Waals surface area contributed by atoms with Crippen LogP contribution in [0.3, 0.4) is 0 Å². The molecule has 9 heteroatoms. The number of hydrogen-bond acceptors (Lipinski definition) is 6. The van der Waals surface area contributed by atoms with Crippen LogP contribution < -0.4 is 9.64 Å². The van der Waals surface area contributed by atoms with Crippen LogP contribution in [0.5, 0.6) is 5.75 Å². The molecular formula is C23H27F2N3O2S2. The quantitative estimate of drug-likeness (QED) is 0.343. The third-order valence-corrected chi connectivity index (χ3v) is 7.15. The summed E-state index contributed by atoms with van der Waals surface area (Å²) in [5.41, 5.74) is 0.0969. The fourth-order valence-electron chi connectivity index (χ4n) is 3.23. The molecular weight excluding hydrogens is 452 g/mol. The van der Waals surface area contributed by atoms with Crippen molar-refractivity contribution < 1.29 is 18.3 Å². The maximum atomic E-state index is 14.2. The summed E-state index contributed by atoms with van der Waals surface area (Å²) in [7, 11) is 1.62. The number of likely N-dealkylation sites (N-methyl/N-ethyl adjacent to an activating group) is 1. The molecule has 1 aromatic heterocycles. The number of carbonyl (C=O) groups is 1. The van der Waals surface area contributed by atoms with Crippen molar-refractivity contribution in [2.75, 3.05) is 43.9 Å². The lowest BCUT2D eigenvalue weighted by Gasteiger charge is -2.24. The fourth-order valence-corrected chi connectivity index (χ4v) is 5.12. The van der Waals surface area contributed by atoms with Crippen molar-refractivity contribution in [2.24, 2.45) is 0 Å². The summed E-state index contributed by atoms with van der Waals surface area (Å²) >= 11 is 2.72. The normalized spacial score (nSPS) is 11.3. The van der Waals surface area contributed by atoms with Gasteiger partial charge in [-0.05, 0) is 43.4 Å². The fraction of sp³-hybridized carbons (Fsp3) is 0.391. The molecule has 0 aliphatic carbocycles. The Hall–Kier alpha value is -2.23. The molecule has 0 fully saturated rings. The second-order valence-electron chi connectivity index (χ2n) is 7.08. The van der Waals surface area contributed by atoms with E-state index in [1.165, 1.54) is 6.07 Å². The minimum Gasteiger partial charge on any atom is -0.497 e. The molecule has 0 aliphatic heterocycles. The van der Waals surface area contributed by atoms with Gasteiger partial charge in [0.15, 0.2) is 10.9 Å². The van der Waals surface area contributed by atoms with Crippen molar-refractivity contribution in [3.63, 3.8) is 0 Å². The topological polar surface area (TPSA) is 45.7 Å². The van der Waals surface area contributed by atoms with E-state index in [4.69, 9.17) is 4.74 Å². The Morgan fingerprint density at radius 1 is 1.12 bits per heavy atom. The van der Waals surface area contributed by atoms with Crippen molar-refractivity contribution in [1.82, 2.24) is 9.88 Å². The number of methoxy groups -OCH3 is 1. The summed E-state index contributed by atoms with van der Waals surface area (Å²) < 4.78 is 33.4. The molecule has 0 aliphatic rings. The van der Waals surface area contributed by atoms with Crippen LogP contribution in [0.25, 0.3) is 10.2 Å². The van der Waals surface area contributed by atoms with Gasteiger partial charge in [0.25, 0.3) is 0 Å². The molecule has 3 aromatic rings. The zero-order valence-corrected chi connectivity index (χ0v) is 20.1. The molecule has 0 radical (unpaired) electrons. The molecule has 2 aromatic carbocycles. The van der Waals surface area contributed by atoms with E-state index < -0.39 is 11.6 Å². The Balaban J connectivity index is 1.74.